The maximum atomic E-state index is 5.36. The summed E-state index contributed by atoms with van der Waals surface area (Å²) in [5.41, 5.74) is 5.36. The Labute approximate surface area is 81.8 Å². The zero-order chi connectivity index (χ0) is 10.4. The van der Waals surface area contributed by atoms with Crippen LogP contribution < -0.4 is 5.73 Å². The van der Waals surface area contributed by atoms with Crippen LogP contribution in [0.1, 0.15) is 13.8 Å². The Hall–Kier alpha value is -1.98. The molecule has 0 bridgehead atoms. The van der Waals surface area contributed by atoms with Crippen LogP contribution in [-0.4, -0.2) is 24.7 Å². The highest BCUT2D eigenvalue weighted by Crippen LogP contribution is 1.97. The van der Waals surface area contributed by atoms with E-state index in [1.165, 1.54) is 11.0 Å². The topological polar surface area (TPSA) is 82.5 Å². The molecule has 0 spiro atoms. The number of rotatable bonds is 1. The number of nitrogens with two attached hydrogens (primary N) is 1. The first-order valence-corrected chi connectivity index (χ1v) is 4.31. The van der Waals surface area contributed by atoms with E-state index >= 15 is 0 Å². The largest absolute Gasteiger partial charge is 0.368 e. The molecular formula is C8H12N6. The van der Waals surface area contributed by atoms with Gasteiger partial charge in [-0.2, -0.15) is 15.1 Å². The third-order valence-corrected chi connectivity index (χ3v) is 1.29. The normalized spacial score (nSPS) is 9.00. The Morgan fingerprint density at radius 1 is 1.29 bits per heavy atom. The summed E-state index contributed by atoms with van der Waals surface area (Å²) in [4.78, 5) is 11.4. The van der Waals surface area contributed by atoms with Gasteiger partial charge in [-0.1, -0.05) is 13.8 Å². The summed E-state index contributed by atoms with van der Waals surface area (Å²) in [5.74, 6) is 0.614. The van der Waals surface area contributed by atoms with Gasteiger partial charge in [0.25, 0.3) is 5.95 Å². The molecule has 0 unspecified atom stereocenters. The van der Waals surface area contributed by atoms with Gasteiger partial charge in [-0.3, -0.25) is 0 Å². The van der Waals surface area contributed by atoms with E-state index in [1.54, 1.807) is 18.5 Å². The molecular weight excluding hydrogens is 180 g/mol. The van der Waals surface area contributed by atoms with E-state index in [0.29, 0.717) is 5.95 Å². The van der Waals surface area contributed by atoms with E-state index in [-0.39, 0.29) is 5.95 Å². The molecule has 2 N–H and O–H groups in total. The van der Waals surface area contributed by atoms with Crippen LogP contribution in [0.2, 0.25) is 0 Å². The first-order valence-electron chi connectivity index (χ1n) is 4.31. The predicted molar refractivity (Wildman–Crippen MR) is 52.7 cm³/mol. The lowest BCUT2D eigenvalue weighted by molar-refractivity contribution is 0.798. The van der Waals surface area contributed by atoms with Gasteiger partial charge in [0.2, 0.25) is 5.95 Å². The lowest BCUT2D eigenvalue weighted by Crippen LogP contribution is -2.04. The Morgan fingerprint density at radius 2 is 2.07 bits per heavy atom. The molecule has 6 heteroatoms. The molecule has 0 atom stereocenters. The van der Waals surface area contributed by atoms with Gasteiger partial charge in [-0.25, -0.2) is 9.67 Å². The average Bonchev–Trinajstić information content (AvgIpc) is 2.74. The van der Waals surface area contributed by atoms with Crippen molar-refractivity contribution in [3.63, 3.8) is 0 Å². The standard InChI is InChI=1S/C6H6N6.C2H6/c7-5-8-4-9-6(11-5)12-3-1-2-10-12;1-2/h1-4H,(H2,7,8,9,11);1-2H3. The number of hydrogen-bond donors (Lipinski definition) is 1. The van der Waals surface area contributed by atoms with Gasteiger partial charge < -0.3 is 5.73 Å². The number of anilines is 1. The second-order valence-corrected chi connectivity index (χ2v) is 2.09. The Kier molecular flexibility index (Phi) is 3.54. The van der Waals surface area contributed by atoms with E-state index in [2.05, 4.69) is 20.1 Å². The molecule has 0 amide bonds. The number of nitrogen functional groups attached to an aromatic ring is 1. The van der Waals surface area contributed by atoms with Crippen LogP contribution in [0.4, 0.5) is 5.95 Å². The van der Waals surface area contributed by atoms with Crippen molar-refractivity contribution in [2.45, 2.75) is 13.8 Å². The van der Waals surface area contributed by atoms with Crippen LogP contribution >= 0.6 is 0 Å². The summed E-state index contributed by atoms with van der Waals surface area (Å²) in [5, 5.41) is 3.94. The van der Waals surface area contributed by atoms with Crippen molar-refractivity contribution in [1.82, 2.24) is 24.7 Å². The van der Waals surface area contributed by atoms with Gasteiger partial charge in [0.15, 0.2) is 0 Å². The van der Waals surface area contributed by atoms with Crippen LogP contribution in [0.25, 0.3) is 5.95 Å². The van der Waals surface area contributed by atoms with Crippen molar-refractivity contribution in [1.29, 1.82) is 0 Å². The number of hydrogen-bond acceptors (Lipinski definition) is 5. The molecule has 0 radical (unpaired) electrons. The average molecular weight is 192 g/mol. The molecule has 2 heterocycles. The smallest absolute Gasteiger partial charge is 0.255 e. The Bertz CT molecular complexity index is 369. The highest BCUT2D eigenvalue weighted by molar-refractivity contribution is 5.19. The molecule has 6 nitrogen and oxygen atoms in total. The molecule has 0 fully saturated rings. The second-order valence-electron chi connectivity index (χ2n) is 2.09. The molecule has 2 aromatic rings. The monoisotopic (exact) mass is 192 g/mol. The maximum Gasteiger partial charge on any atom is 0.255 e. The predicted octanol–water partition coefficient (Wildman–Crippen LogP) is 0.666. The third-order valence-electron chi connectivity index (χ3n) is 1.29. The van der Waals surface area contributed by atoms with Crippen molar-refractivity contribution < 1.29 is 0 Å². The van der Waals surface area contributed by atoms with Crippen molar-refractivity contribution in [3.05, 3.63) is 24.8 Å². The minimum absolute atomic E-state index is 0.190. The van der Waals surface area contributed by atoms with Gasteiger partial charge in [0.05, 0.1) is 0 Å². The maximum absolute atomic E-state index is 5.36. The second kappa shape index (κ2) is 4.90. The number of aromatic nitrogens is 5. The molecule has 14 heavy (non-hydrogen) atoms. The highest BCUT2D eigenvalue weighted by atomic mass is 15.3. The molecule has 2 aromatic heterocycles. The summed E-state index contributed by atoms with van der Waals surface area (Å²) >= 11 is 0. The van der Waals surface area contributed by atoms with E-state index in [1.807, 2.05) is 13.8 Å². The fourth-order valence-electron chi connectivity index (χ4n) is 0.797. The van der Waals surface area contributed by atoms with Gasteiger partial charge in [0.1, 0.15) is 6.33 Å². The minimum Gasteiger partial charge on any atom is -0.368 e. The molecule has 0 aliphatic carbocycles. The van der Waals surface area contributed by atoms with E-state index in [0.717, 1.165) is 0 Å². The van der Waals surface area contributed by atoms with E-state index in [9.17, 15) is 0 Å². The van der Waals surface area contributed by atoms with Gasteiger partial charge in [-0.15, -0.1) is 0 Å². The molecule has 2 rings (SSSR count). The van der Waals surface area contributed by atoms with Crippen molar-refractivity contribution >= 4 is 5.95 Å². The van der Waals surface area contributed by atoms with Crippen LogP contribution in [0.3, 0.4) is 0 Å². The third kappa shape index (κ3) is 2.25. The lowest BCUT2D eigenvalue weighted by Gasteiger charge is -1.97. The molecule has 0 aromatic carbocycles. The SMILES string of the molecule is CC.Nc1ncnc(-n2cccn2)n1. The molecule has 74 valence electrons. The van der Waals surface area contributed by atoms with Crippen molar-refractivity contribution in [3.8, 4) is 5.95 Å². The molecule has 0 saturated heterocycles. The molecule has 0 aliphatic rings. The first kappa shape index (κ1) is 10.1. The summed E-state index contributed by atoms with van der Waals surface area (Å²) < 4.78 is 1.51. The van der Waals surface area contributed by atoms with E-state index in [4.69, 9.17) is 5.73 Å². The first-order chi connectivity index (χ1) is 6.86. The minimum atomic E-state index is 0.190. The van der Waals surface area contributed by atoms with Crippen LogP contribution in [0, 0.1) is 0 Å². The zero-order valence-electron chi connectivity index (χ0n) is 8.12. The van der Waals surface area contributed by atoms with E-state index < -0.39 is 0 Å². The van der Waals surface area contributed by atoms with Gasteiger partial charge in [-0.05, 0) is 6.07 Å². The Morgan fingerprint density at radius 3 is 2.64 bits per heavy atom. The quantitative estimate of drug-likeness (QED) is 0.717. The van der Waals surface area contributed by atoms with Gasteiger partial charge >= 0.3 is 0 Å². The van der Waals surface area contributed by atoms with Gasteiger partial charge in [0, 0.05) is 12.4 Å². The van der Waals surface area contributed by atoms with Crippen molar-refractivity contribution in [2.24, 2.45) is 0 Å². The Balaban J connectivity index is 0.000000461. The fraction of sp³-hybridized carbons (Fsp3) is 0.250. The summed E-state index contributed by atoms with van der Waals surface area (Å²) in [6, 6.07) is 1.78. The van der Waals surface area contributed by atoms with Crippen LogP contribution in [0.15, 0.2) is 24.8 Å². The number of nitrogens with zero attached hydrogens (tertiary/aromatic N) is 5. The fourth-order valence-corrected chi connectivity index (χ4v) is 0.797. The summed E-state index contributed by atoms with van der Waals surface area (Å²) in [6.07, 6.45) is 4.72. The van der Waals surface area contributed by atoms with Crippen LogP contribution in [0.5, 0.6) is 0 Å². The van der Waals surface area contributed by atoms with Crippen molar-refractivity contribution in [2.75, 3.05) is 5.73 Å². The summed E-state index contributed by atoms with van der Waals surface area (Å²) in [7, 11) is 0. The molecule has 0 saturated carbocycles. The highest BCUT2D eigenvalue weighted by Gasteiger charge is 1.98. The lowest BCUT2D eigenvalue weighted by atomic mass is 10.7. The van der Waals surface area contributed by atoms with Crippen LogP contribution in [-0.2, 0) is 0 Å². The molecule has 0 aliphatic heterocycles. The summed E-state index contributed by atoms with van der Waals surface area (Å²) in [6.45, 7) is 4.00. The zero-order valence-corrected chi connectivity index (χ0v) is 8.12.